The lowest BCUT2D eigenvalue weighted by molar-refractivity contribution is -0.113. The fourth-order valence-corrected chi connectivity index (χ4v) is 3.41. The maximum absolute atomic E-state index is 12.7. The molecule has 27 heavy (non-hydrogen) atoms. The van der Waals surface area contributed by atoms with Crippen LogP contribution in [0.2, 0.25) is 0 Å². The molecule has 9 nitrogen and oxygen atoms in total. The minimum absolute atomic E-state index is 0.0382. The number of ketones is 1. The fourth-order valence-electron chi connectivity index (χ4n) is 2.52. The number of thioether (sulfide) groups is 1. The summed E-state index contributed by atoms with van der Waals surface area (Å²) in [6.07, 6.45) is 1.44. The summed E-state index contributed by atoms with van der Waals surface area (Å²) >= 11 is 0.842. The number of aliphatic hydroxyl groups excluding tert-OH is 1. The van der Waals surface area contributed by atoms with Crippen LogP contribution in [-0.2, 0) is 18.9 Å². The quantitative estimate of drug-likeness (QED) is 0.311. The zero-order valence-corrected chi connectivity index (χ0v) is 15.8. The Balaban J connectivity index is 2.43. The second-order valence-electron chi connectivity index (χ2n) is 5.81. The third-order valence-corrected chi connectivity index (χ3v) is 5.13. The molecule has 0 saturated heterocycles. The summed E-state index contributed by atoms with van der Waals surface area (Å²) in [4.78, 5) is 45.6. The van der Waals surface area contributed by atoms with E-state index >= 15 is 0 Å². The average Bonchev–Trinajstić information content (AvgIpc) is 3.16. The van der Waals surface area contributed by atoms with E-state index in [1.807, 2.05) is 0 Å². The van der Waals surface area contributed by atoms with Gasteiger partial charge in [0.2, 0.25) is 0 Å². The molecule has 3 heterocycles. The van der Waals surface area contributed by atoms with Crippen LogP contribution in [0.15, 0.2) is 48.1 Å². The SMILES string of the molecule is CC(=O)/C(Sc1nc(-c2ccco2)nc2c1c(=O)n(C)c(=O)n2C)=C(\C)O. The number of aryl methyl sites for hydroxylation is 1. The first-order valence-electron chi connectivity index (χ1n) is 7.82. The van der Waals surface area contributed by atoms with Crippen LogP contribution >= 0.6 is 11.8 Å². The van der Waals surface area contributed by atoms with E-state index in [9.17, 15) is 19.5 Å². The first-order chi connectivity index (χ1) is 12.7. The molecule has 0 bridgehead atoms. The lowest BCUT2D eigenvalue weighted by atomic mass is 10.3. The number of furan rings is 1. The fraction of sp³-hybridized carbons (Fsp3) is 0.235. The first kappa shape index (κ1) is 18.6. The number of allylic oxidation sites excluding steroid dienone is 2. The van der Waals surface area contributed by atoms with Gasteiger partial charge < -0.3 is 9.52 Å². The van der Waals surface area contributed by atoms with Gasteiger partial charge in [-0.1, -0.05) is 11.8 Å². The first-order valence-corrected chi connectivity index (χ1v) is 8.64. The van der Waals surface area contributed by atoms with Gasteiger partial charge in [0, 0.05) is 14.1 Å². The van der Waals surface area contributed by atoms with Crippen LogP contribution in [0.25, 0.3) is 22.6 Å². The number of Topliss-reactive ketones (excluding diaryl/α,β-unsaturated/α-hetero) is 1. The van der Waals surface area contributed by atoms with Gasteiger partial charge >= 0.3 is 5.69 Å². The van der Waals surface area contributed by atoms with Crippen LogP contribution in [0.5, 0.6) is 0 Å². The van der Waals surface area contributed by atoms with E-state index in [0.29, 0.717) is 5.76 Å². The van der Waals surface area contributed by atoms with E-state index < -0.39 is 11.2 Å². The molecule has 0 fully saturated rings. The minimum Gasteiger partial charge on any atom is -0.511 e. The van der Waals surface area contributed by atoms with Crippen LogP contribution in [0.3, 0.4) is 0 Å². The average molecular weight is 388 g/mol. The van der Waals surface area contributed by atoms with Crippen LogP contribution in [-0.4, -0.2) is 30.0 Å². The molecular weight excluding hydrogens is 372 g/mol. The second-order valence-corrected chi connectivity index (χ2v) is 6.81. The smallest absolute Gasteiger partial charge is 0.332 e. The van der Waals surface area contributed by atoms with E-state index in [2.05, 4.69) is 9.97 Å². The van der Waals surface area contributed by atoms with Crippen LogP contribution < -0.4 is 11.2 Å². The molecule has 0 atom stereocenters. The van der Waals surface area contributed by atoms with E-state index in [1.54, 1.807) is 12.1 Å². The summed E-state index contributed by atoms with van der Waals surface area (Å²) in [5, 5.41) is 10.0. The summed E-state index contributed by atoms with van der Waals surface area (Å²) in [5.74, 6) is -0.0916. The highest BCUT2D eigenvalue weighted by Crippen LogP contribution is 2.32. The van der Waals surface area contributed by atoms with Crippen LogP contribution in [0.1, 0.15) is 13.8 Å². The molecule has 3 aromatic rings. The summed E-state index contributed by atoms with van der Waals surface area (Å²) in [5.41, 5.74) is -1.04. The zero-order valence-electron chi connectivity index (χ0n) is 15.0. The van der Waals surface area contributed by atoms with Crippen LogP contribution in [0.4, 0.5) is 0 Å². The highest BCUT2D eigenvalue weighted by atomic mass is 32.2. The number of rotatable bonds is 4. The molecule has 0 unspecified atom stereocenters. The van der Waals surface area contributed by atoms with Gasteiger partial charge in [-0.25, -0.2) is 14.8 Å². The van der Waals surface area contributed by atoms with Gasteiger partial charge in [-0.05, 0) is 26.0 Å². The van der Waals surface area contributed by atoms with Crippen molar-refractivity contribution in [3.05, 3.63) is 49.9 Å². The van der Waals surface area contributed by atoms with Crippen molar-refractivity contribution in [2.45, 2.75) is 18.9 Å². The number of carbonyl (C=O) groups excluding carboxylic acids is 1. The molecule has 0 aliphatic heterocycles. The lowest BCUT2D eigenvalue weighted by Gasteiger charge is -2.12. The van der Waals surface area contributed by atoms with E-state index in [1.165, 1.54) is 38.8 Å². The van der Waals surface area contributed by atoms with Crippen molar-refractivity contribution in [1.29, 1.82) is 0 Å². The third kappa shape index (κ3) is 3.19. The highest BCUT2D eigenvalue weighted by molar-refractivity contribution is 8.04. The van der Waals surface area contributed by atoms with Crippen molar-refractivity contribution >= 4 is 28.6 Å². The maximum atomic E-state index is 12.7. The Morgan fingerprint density at radius 1 is 1.19 bits per heavy atom. The number of carbonyl (C=O) groups is 1. The predicted octanol–water partition coefficient (Wildman–Crippen LogP) is 1.76. The molecule has 0 spiro atoms. The molecule has 3 aromatic heterocycles. The molecule has 0 saturated carbocycles. The zero-order chi connectivity index (χ0) is 19.9. The Bertz CT molecular complexity index is 1200. The molecule has 140 valence electrons. The van der Waals surface area contributed by atoms with E-state index in [4.69, 9.17) is 4.42 Å². The van der Waals surface area contributed by atoms with Gasteiger partial charge in [0.1, 0.15) is 16.2 Å². The van der Waals surface area contributed by atoms with Crippen LogP contribution in [0, 0.1) is 0 Å². The van der Waals surface area contributed by atoms with E-state index in [0.717, 1.165) is 16.3 Å². The number of fused-ring (bicyclic) bond motifs is 1. The van der Waals surface area contributed by atoms with Crippen molar-refractivity contribution in [3.8, 4) is 11.6 Å². The molecule has 0 radical (unpaired) electrons. The van der Waals surface area contributed by atoms with Gasteiger partial charge in [-0.3, -0.25) is 18.7 Å². The Morgan fingerprint density at radius 3 is 2.44 bits per heavy atom. The molecule has 3 rings (SSSR count). The highest BCUT2D eigenvalue weighted by Gasteiger charge is 2.22. The normalized spacial score (nSPS) is 12.3. The summed E-state index contributed by atoms with van der Waals surface area (Å²) in [6, 6.07) is 3.28. The number of aliphatic hydroxyl groups is 1. The predicted molar refractivity (Wildman–Crippen MR) is 99.6 cm³/mol. The molecule has 0 aliphatic rings. The van der Waals surface area contributed by atoms with E-state index in [-0.39, 0.29) is 38.3 Å². The summed E-state index contributed by atoms with van der Waals surface area (Å²) < 4.78 is 7.47. The van der Waals surface area contributed by atoms with Crippen molar-refractivity contribution in [2.75, 3.05) is 0 Å². The molecule has 0 amide bonds. The second kappa shape index (κ2) is 6.88. The Morgan fingerprint density at radius 2 is 1.89 bits per heavy atom. The number of aromatic nitrogens is 4. The van der Waals surface area contributed by atoms with Crippen molar-refractivity contribution in [1.82, 2.24) is 19.1 Å². The Labute approximate surface area is 157 Å². The minimum atomic E-state index is -0.597. The van der Waals surface area contributed by atoms with Crippen molar-refractivity contribution in [2.24, 2.45) is 14.1 Å². The van der Waals surface area contributed by atoms with Gasteiger partial charge in [0.15, 0.2) is 23.0 Å². The summed E-state index contributed by atoms with van der Waals surface area (Å²) in [6.45, 7) is 2.67. The number of nitrogens with zero attached hydrogens (tertiary/aromatic N) is 4. The third-order valence-electron chi connectivity index (χ3n) is 3.86. The standard InChI is InChI=1S/C17H16N4O5S/c1-8(22)12(9(2)23)27-15-11-14(20(3)17(25)21(4)16(11)24)18-13(19-15)10-6-5-7-26-10/h5-7,22H,1-4H3/b12-8-. The lowest BCUT2D eigenvalue weighted by Crippen LogP contribution is -2.37. The molecule has 10 heteroatoms. The largest absolute Gasteiger partial charge is 0.511 e. The van der Waals surface area contributed by atoms with Crippen molar-refractivity contribution in [3.63, 3.8) is 0 Å². The van der Waals surface area contributed by atoms with Crippen molar-refractivity contribution < 1.29 is 14.3 Å². The topological polar surface area (TPSA) is 120 Å². The molecule has 1 N–H and O–H groups in total. The Kier molecular flexibility index (Phi) is 4.75. The van der Waals surface area contributed by atoms with Gasteiger partial charge in [0.25, 0.3) is 5.56 Å². The molecule has 0 aliphatic carbocycles. The molecular formula is C17H16N4O5S. The number of hydrogen-bond donors (Lipinski definition) is 1. The van der Waals surface area contributed by atoms with Gasteiger partial charge in [-0.2, -0.15) is 0 Å². The van der Waals surface area contributed by atoms with Gasteiger partial charge in [0.05, 0.1) is 11.2 Å². The summed E-state index contributed by atoms with van der Waals surface area (Å²) in [7, 11) is 2.83. The maximum Gasteiger partial charge on any atom is 0.332 e. The number of hydrogen-bond acceptors (Lipinski definition) is 8. The van der Waals surface area contributed by atoms with Gasteiger partial charge in [-0.15, -0.1) is 0 Å². The Hall–Kier alpha value is -3.14. The monoisotopic (exact) mass is 388 g/mol. The molecule has 0 aromatic carbocycles.